The Morgan fingerprint density at radius 3 is 2.56 bits per heavy atom. The molecule has 0 bridgehead atoms. The lowest BCUT2D eigenvalue weighted by atomic mass is 9.95. The average Bonchev–Trinajstić information content (AvgIpc) is 2.70. The first-order chi connectivity index (χ1) is 13.0. The topological polar surface area (TPSA) is 58.6 Å². The zero-order chi connectivity index (χ0) is 19.2. The van der Waals surface area contributed by atoms with Crippen LogP contribution in [0.2, 0.25) is 5.02 Å². The Hall–Kier alpha value is -2.53. The van der Waals surface area contributed by atoms with E-state index in [1.807, 2.05) is 43.3 Å². The second kappa shape index (κ2) is 8.91. The van der Waals surface area contributed by atoms with Gasteiger partial charge in [-0.3, -0.25) is 9.59 Å². The third-order valence-electron chi connectivity index (χ3n) is 4.78. The second-order valence-corrected chi connectivity index (χ2v) is 7.14. The number of halogens is 1. The number of carbonyl (C=O) groups excluding carboxylic acids is 2. The van der Waals surface area contributed by atoms with Crippen molar-refractivity contribution in [2.24, 2.45) is 5.92 Å². The molecule has 142 valence electrons. The molecule has 27 heavy (non-hydrogen) atoms. The standard InChI is InChI=1S/C21H23ClN2O3/c1-15-7-8-17(22)13-19(15)23-21(26)16-9-11-24(12-10-16)20(25)14-27-18-5-3-2-4-6-18/h2-8,13,16H,9-12,14H2,1H3,(H,23,26). The predicted molar refractivity (Wildman–Crippen MR) is 106 cm³/mol. The van der Waals surface area contributed by atoms with E-state index in [4.69, 9.17) is 16.3 Å². The van der Waals surface area contributed by atoms with E-state index in [1.165, 1.54) is 0 Å². The molecular weight excluding hydrogens is 364 g/mol. The highest BCUT2D eigenvalue weighted by Crippen LogP contribution is 2.24. The number of nitrogens with one attached hydrogen (secondary N) is 1. The van der Waals surface area contributed by atoms with Gasteiger partial charge in [-0.1, -0.05) is 35.9 Å². The maximum absolute atomic E-state index is 12.5. The molecular formula is C21H23ClN2O3. The number of benzene rings is 2. The van der Waals surface area contributed by atoms with E-state index < -0.39 is 0 Å². The van der Waals surface area contributed by atoms with Crippen LogP contribution in [-0.2, 0) is 9.59 Å². The maximum Gasteiger partial charge on any atom is 0.260 e. The highest BCUT2D eigenvalue weighted by molar-refractivity contribution is 6.31. The van der Waals surface area contributed by atoms with Crippen LogP contribution in [0.3, 0.4) is 0 Å². The maximum atomic E-state index is 12.5. The number of hydrogen-bond donors (Lipinski definition) is 1. The van der Waals surface area contributed by atoms with Crippen LogP contribution in [0.1, 0.15) is 18.4 Å². The van der Waals surface area contributed by atoms with Gasteiger partial charge in [0.2, 0.25) is 5.91 Å². The van der Waals surface area contributed by atoms with E-state index in [1.54, 1.807) is 17.0 Å². The summed E-state index contributed by atoms with van der Waals surface area (Å²) in [6, 6.07) is 14.7. The molecule has 0 saturated carbocycles. The zero-order valence-corrected chi connectivity index (χ0v) is 16.0. The normalized spacial score (nSPS) is 14.7. The van der Waals surface area contributed by atoms with E-state index in [2.05, 4.69) is 5.32 Å². The van der Waals surface area contributed by atoms with E-state index in [-0.39, 0.29) is 24.3 Å². The number of ether oxygens (including phenoxy) is 1. The number of nitrogens with zero attached hydrogens (tertiary/aromatic N) is 1. The van der Waals surface area contributed by atoms with Crippen LogP contribution in [0.15, 0.2) is 48.5 Å². The van der Waals surface area contributed by atoms with Crippen molar-refractivity contribution in [2.45, 2.75) is 19.8 Å². The van der Waals surface area contributed by atoms with Crippen LogP contribution in [0, 0.1) is 12.8 Å². The molecule has 0 unspecified atom stereocenters. The van der Waals surface area contributed by atoms with Crippen LogP contribution in [0.5, 0.6) is 5.75 Å². The summed E-state index contributed by atoms with van der Waals surface area (Å²) in [6.45, 7) is 3.07. The first-order valence-electron chi connectivity index (χ1n) is 9.05. The highest BCUT2D eigenvalue weighted by atomic mass is 35.5. The molecule has 0 aliphatic carbocycles. The van der Waals surface area contributed by atoms with Gasteiger partial charge in [0.1, 0.15) is 5.75 Å². The molecule has 1 aliphatic rings. The van der Waals surface area contributed by atoms with Crippen molar-refractivity contribution in [3.05, 3.63) is 59.1 Å². The van der Waals surface area contributed by atoms with Gasteiger partial charge in [0.05, 0.1) is 0 Å². The fourth-order valence-corrected chi connectivity index (χ4v) is 3.28. The quantitative estimate of drug-likeness (QED) is 0.847. The Labute approximate surface area is 164 Å². The van der Waals surface area contributed by atoms with Gasteiger partial charge in [-0.15, -0.1) is 0 Å². The number of para-hydroxylation sites is 1. The largest absolute Gasteiger partial charge is 0.484 e. The van der Waals surface area contributed by atoms with Crippen LogP contribution in [-0.4, -0.2) is 36.4 Å². The summed E-state index contributed by atoms with van der Waals surface area (Å²) in [5.74, 6) is 0.496. The third kappa shape index (κ3) is 5.23. The molecule has 6 heteroatoms. The van der Waals surface area contributed by atoms with Crippen LogP contribution < -0.4 is 10.1 Å². The van der Waals surface area contributed by atoms with E-state index in [0.717, 1.165) is 11.3 Å². The van der Waals surface area contributed by atoms with Crippen LogP contribution in [0.4, 0.5) is 5.69 Å². The first kappa shape index (κ1) is 19.2. The predicted octanol–water partition coefficient (Wildman–Crippen LogP) is 3.90. The van der Waals surface area contributed by atoms with Gasteiger partial charge in [-0.05, 0) is 49.6 Å². The Balaban J connectivity index is 1.47. The number of carbonyl (C=O) groups is 2. The molecule has 2 aromatic rings. The summed E-state index contributed by atoms with van der Waals surface area (Å²) >= 11 is 6.01. The molecule has 1 aliphatic heterocycles. The van der Waals surface area contributed by atoms with Crippen molar-refractivity contribution in [1.29, 1.82) is 0 Å². The highest BCUT2D eigenvalue weighted by Gasteiger charge is 2.27. The fourth-order valence-electron chi connectivity index (χ4n) is 3.11. The van der Waals surface area contributed by atoms with Gasteiger partial charge in [-0.25, -0.2) is 0 Å². The minimum atomic E-state index is -0.109. The summed E-state index contributed by atoms with van der Waals surface area (Å²) in [5.41, 5.74) is 1.71. The van der Waals surface area contributed by atoms with Crippen molar-refractivity contribution < 1.29 is 14.3 Å². The minimum absolute atomic E-state index is 0.0165. The van der Waals surface area contributed by atoms with Crippen LogP contribution in [0.25, 0.3) is 0 Å². The van der Waals surface area contributed by atoms with E-state index in [0.29, 0.717) is 36.7 Å². The number of anilines is 1. The number of piperidine rings is 1. The first-order valence-corrected chi connectivity index (χ1v) is 9.43. The summed E-state index contributed by atoms with van der Waals surface area (Å²) in [4.78, 5) is 26.6. The minimum Gasteiger partial charge on any atom is -0.484 e. The monoisotopic (exact) mass is 386 g/mol. The lowest BCUT2D eigenvalue weighted by Gasteiger charge is -2.31. The van der Waals surface area contributed by atoms with E-state index >= 15 is 0 Å². The van der Waals surface area contributed by atoms with Crippen LogP contribution >= 0.6 is 11.6 Å². The van der Waals surface area contributed by atoms with Gasteiger partial charge in [0.15, 0.2) is 6.61 Å². The molecule has 1 heterocycles. The molecule has 0 aromatic heterocycles. The van der Waals surface area contributed by atoms with Crippen molar-refractivity contribution in [3.63, 3.8) is 0 Å². The van der Waals surface area contributed by atoms with Crippen molar-refractivity contribution >= 4 is 29.1 Å². The van der Waals surface area contributed by atoms with Gasteiger partial charge >= 0.3 is 0 Å². The molecule has 2 amide bonds. The second-order valence-electron chi connectivity index (χ2n) is 6.71. The Bertz CT molecular complexity index is 802. The average molecular weight is 387 g/mol. The van der Waals surface area contributed by atoms with Gasteiger partial charge < -0.3 is 15.0 Å². The molecule has 0 radical (unpaired) electrons. The number of aryl methyl sites for hydroxylation is 1. The number of rotatable bonds is 5. The number of likely N-dealkylation sites (tertiary alicyclic amines) is 1. The molecule has 1 N–H and O–H groups in total. The molecule has 1 fully saturated rings. The Morgan fingerprint density at radius 1 is 1.15 bits per heavy atom. The Kier molecular flexibility index (Phi) is 6.35. The molecule has 0 spiro atoms. The number of amides is 2. The number of hydrogen-bond acceptors (Lipinski definition) is 3. The summed E-state index contributed by atoms with van der Waals surface area (Å²) < 4.78 is 5.52. The van der Waals surface area contributed by atoms with Crippen molar-refractivity contribution in [3.8, 4) is 5.75 Å². The van der Waals surface area contributed by atoms with E-state index in [9.17, 15) is 9.59 Å². The molecule has 3 rings (SSSR count). The Morgan fingerprint density at radius 2 is 1.85 bits per heavy atom. The zero-order valence-electron chi connectivity index (χ0n) is 15.3. The summed E-state index contributed by atoms with van der Waals surface area (Å²) in [7, 11) is 0. The van der Waals surface area contributed by atoms with Crippen molar-refractivity contribution in [1.82, 2.24) is 4.90 Å². The smallest absolute Gasteiger partial charge is 0.260 e. The summed E-state index contributed by atoms with van der Waals surface area (Å²) in [6.07, 6.45) is 1.28. The van der Waals surface area contributed by atoms with Gasteiger partial charge in [0.25, 0.3) is 5.91 Å². The lowest BCUT2D eigenvalue weighted by molar-refractivity contribution is -0.136. The third-order valence-corrected chi connectivity index (χ3v) is 5.02. The fraction of sp³-hybridized carbons (Fsp3) is 0.333. The molecule has 0 atom stereocenters. The molecule has 1 saturated heterocycles. The molecule has 5 nitrogen and oxygen atoms in total. The summed E-state index contributed by atoms with van der Waals surface area (Å²) in [5, 5.41) is 3.55. The van der Waals surface area contributed by atoms with Crippen molar-refractivity contribution in [2.75, 3.05) is 25.0 Å². The van der Waals surface area contributed by atoms with Gasteiger partial charge in [0, 0.05) is 29.7 Å². The SMILES string of the molecule is Cc1ccc(Cl)cc1NC(=O)C1CCN(C(=O)COc2ccccc2)CC1. The lowest BCUT2D eigenvalue weighted by Crippen LogP contribution is -2.43. The molecule has 2 aromatic carbocycles. The van der Waals surface area contributed by atoms with Gasteiger partial charge in [-0.2, -0.15) is 0 Å².